The van der Waals surface area contributed by atoms with Crippen LogP contribution in [-0.2, 0) is 15.8 Å². The standard InChI is InChI=1S/C18H21ClN2O2S/c19-18-10-5-4-7-16(18)15-24(22,23)21-12-6-11-20(13-14-21)17-8-2-1-3-9-17/h1-5,7-10H,6,11-15H2. The number of hydrogen-bond donors (Lipinski definition) is 0. The highest BCUT2D eigenvalue weighted by Crippen LogP contribution is 2.22. The molecule has 4 nitrogen and oxygen atoms in total. The van der Waals surface area contributed by atoms with Crippen molar-refractivity contribution in [2.75, 3.05) is 31.1 Å². The summed E-state index contributed by atoms with van der Waals surface area (Å²) in [4.78, 5) is 2.24. The van der Waals surface area contributed by atoms with Crippen molar-refractivity contribution >= 4 is 27.3 Å². The Morgan fingerprint density at radius 2 is 1.58 bits per heavy atom. The van der Waals surface area contributed by atoms with Crippen molar-refractivity contribution in [2.45, 2.75) is 12.2 Å². The van der Waals surface area contributed by atoms with Gasteiger partial charge in [-0.1, -0.05) is 48.0 Å². The average Bonchev–Trinajstić information content (AvgIpc) is 2.84. The van der Waals surface area contributed by atoms with E-state index in [1.54, 1.807) is 16.4 Å². The maximum atomic E-state index is 12.8. The van der Waals surface area contributed by atoms with Crippen LogP contribution in [0, 0.1) is 0 Å². The van der Waals surface area contributed by atoms with Crippen LogP contribution >= 0.6 is 11.6 Å². The summed E-state index contributed by atoms with van der Waals surface area (Å²) in [6.07, 6.45) is 0.816. The number of benzene rings is 2. The van der Waals surface area contributed by atoms with E-state index in [1.807, 2.05) is 30.3 Å². The van der Waals surface area contributed by atoms with Gasteiger partial charge in [0.25, 0.3) is 0 Å². The van der Waals surface area contributed by atoms with Crippen LogP contribution in [0.15, 0.2) is 54.6 Å². The first-order valence-electron chi connectivity index (χ1n) is 8.07. The maximum Gasteiger partial charge on any atom is 0.218 e. The van der Waals surface area contributed by atoms with Crippen LogP contribution < -0.4 is 4.90 Å². The maximum absolute atomic E-state index is 12.8. The molecule has 0 saturated carbocycles. The van der Waals surface area contributed by atoms with Gasteiger partial charge in [-0.05, 0) is 30.2 Å². The third-order valence-corrected chi connectivity index (χ3v) is 6.46. The Balaban J connectivity index is 1.70. The van der Waals surface area contributed by atoms with E-state index in [0.29, 0.717) is 30.2 Å². The molecule has 1 saturated heterocycles. The molecule has 0 N–H and O–H groups in total. The van der Waals surface area contributed by atoms with Gasteiger partial charge in [-0.25, -0.2) is 8.42 Å². The second-order valence-corrected chi connectivity index (χ2v) is 8.30. The Hall–Kier alpha value is -1.56. The molecule has 1 aliphatic heterocycles. The second-order valence-electron chi connectivity index (χ2n) is 5.92. The van der Waals surface area contributed by atoms with Gasteiger partial charge in [0.1, 0.15) is 0 Å². The summed E-state index contributed by atoms with van der Waals surface area (Å²) in [5.41, 5.74) is 1.80. The van der Waals surface area contributed by atoms with Crippen LogP contribution in [0.2, 0.25) is 5.02 Å². The van der Waals surface area contributed by atoms with E-state index in [4.69, 9.17) is 11.6 Å². The van der Waals surface area contributed by atoms with Crippen LogP contribution in [0.25, 0.3) is 0 Å². The molecule has 0 amide bonds. The Labute approximate surface area is 148 Å². The van der Waals surface area contributed by atoms with Gasteiger partial charge in [0, 0.05) is 36.9 Å². The summed E-state index contributed by atoms with van der Waals surface area (Å²) in [6.45, 7) is 2.62. The van der Waals surface area contributed by atoms with Gasteiger partial charge >= 0.3 is 0 Å². The lowest BCUT2D eigenvalue weighted by atomic mass is 10.2. The van der Waals surface area contributed by atoms with Crippen LogP contribution in [0.5, 0.6) is 0 Å². The van der Waals surface area contributed by atoms with Crippen molar-refractivity contribution in [3.8, 4) is 0 Å². The molecule has 0 spiro atoms. The largest absolute Gasteiger partial charge is 0.370 e. The Kier molecular flexibility index (Phi) is 5.43. The van der Waals surface area contributed by atoms with Crippen molar-refractivity contribution in [1.82, 2.24) is 4.31 Å². The topological polar surface area (TPSA) is 40.6 Å². The molecule has 1 heterocycles. The highest BCUT2D eigenvalue weighted by molar-refractivity contribution is 7.88. The lowest BCUT2D eigenvalue weighted by Crippen LogP contribution is -2.36. The van der Waals surface area contributed by atoms with E-state index in [1.165, 1.54) is 0 Å². The number of nitrogens with zero attached hydrogens (tertiary/aromatic N) is 2. The minimum atomic E-state index is -3.37. The number of halogens is 1. The molecule has 24 heavy (non-hydrogen) atoms. The van der Waals surface area contributed by atoms with Gasteiger partial charge in [0.05, 0.1) is 5.75 Å². The molecule has 0 bridgehead atoms. The monoisotopic (exact) mass is 364 g/mol. The molecule has 1 fully saturated rings. The number of sulfonamides is 1. The molecule has 0 aliphatic carbocycles. The van der Waals surface area contributed by atoms with Gasteiger partial charge in [0.15, 0.2) is 0 Å². The van der Waals surface area contributed by atoms with Gasteiger partial charge in [-0.2, -0.15) is 4.31 Å². The lowest BCUT2D eigenvalue weighted by Gasteiger charge is -2.23. The summed E-state index contributed by atoms with van der Waals surface area (Å²) < 4.78 is 27.1. The average molecular weight is 365 g/mol. The van der Waals surface area contributed by atoms with Crippen molar-refractivity contribution in [3.63, 3.8) is 0 Å². The zero-order valence-electron chi connectivity index (χ0n) is 13.4. The van der Waals surface area contributed by atoms with Gasteiger partial charge < -0.3 is 4.90 Å². The molecule has 128 valence electrons. The second kappa shape index (κ2) is 7.55. The Morgan fingerprint density at radius 3 is 2.33 bits per heavy atom. The molecule has 0 unspecified atom stereocenters. The van der Waals surface area contributed by atoms with E-state index >= 15 is 0 Å². The van der Waals surface area contributed by atoms with Gasteiger partial charge in [-0.3, -0.25) is 0 Å². The fourth-order valence-electron chi connectivity index (χ4n) is 2.97. The Bertz CT molecular complexity index is 781. The summed E-state index contributed by atoms with van der Waals surface area (Å²) in [5, 5.41) is 0.502. The fourth-order valence-corrected chi connectivity index (χ4v) is 4.85. The van der Waals surface area contributed by atoms with E-state index in [2.05, 4.69) is 17.0 Å². The molecular formula is C18H21ClN2O2S. The molecular weight excluding hydrogens is 344 g/mol. The Morgan fingerprint density at radius 1 is 0.875 bits per heavy atom. The van der Waals surface area contributed by atoms with Crippen molar-refractivity contribution in [2.24, 2.45) is 0 Å². The zero-order valence-corrected chi connectivity index (χ0v) is 15.0. The minimum absolute atomic E-state index is 0.0436. The number of rotatable bonds is 4. The molecule has 2 aromatic rings. The van der Waals surface area contributed by atoms with E-state index in [0.717, 1.165) is 18.7 Å². The van der Waals surface area contributed by atoms with Crippen molar-refractivity contribution in [1.29, 1.82) is 0 Å². The molecule has 2 aromatic carbocycles. The smallest absolute Gasteiger partial charge is 0.218 e. The molecule has 0 radical (unpaired) electrons. The van der Waals surface area contributed by atoms with Crippen LogP contribution in [0.3, 0.4) is 0 Å². The third kappa shape index (κ3) is 4.09. The van der Waals surface area contributed by atoms with E-state index < -0.39 is 10.0 Å². The van der Waals surface area contributed by atoms with E-state index in [-0.39, 0.29) is 5.75 Å². The summed E-state index contributed by atoms with van der Waals surface area (Å²) in [5.74, 6) is -0.0436. The summed E-state index contributed by atoms with van der Waals surface area (Å²) in [7, 11) is -3.37. The third-order valence-electron chi connectivity index (χ3n) is 4.27. The first kappa shape index (κ1) is 17.3. The quantitative estimate of drug-likeness (QED) is 0.835. The normalized spacial score (nSPS) is 16.8. The number of para-hydroxylation sites is 1. The molecule has 1 aliphatic rings. The molecule has 0 aromatic heterocycles. The zero-order chi connectivity index (χ0) is 17.0. The highest BCUT2D eigenvalue weighted by Gasteiger charge is 2.26. The molecule has 6 heteroatoms. The predicted molar refractivity (Wildman–Crippen MR) is 98.9 cm³/mol. The predicted octanol–water partition coefficient (Wildman–Crippen LogP) is 3.38. The SMILES string of the molecule is O=S(=O)(Cc1ccccc1Cl)N1CCCN(c2ccccc2)CC1. The van der Waals surface area contributed by atoms with Crippen LogP contribution in [-0.4, -0.2) is 38.9 Å². The van der Waals surface area contributed by atoms with E-state index in [9.17, 15) is 8.42 Å². The fraction of sp³-hybridized carbons (Fsp3) is 0.333. The minimum Gasteiger partial charge on any atom is -0.370 e. The first-order valence-corrected chi connectivity index (χ1v) is 10.1. The summed E-state index contributed by atoms with van der Waals surface area (Å²) >= 11 is 6.11. The van der Waals surface area contributed by atoms with Gasteiger partial charge in [-0.15, -0.1) is 0 Å². The molecule has 0 atom stereocenters. The highest BCUT2D eigenvalue weighted by atomic mass is 35.5. The number of anilines is 1. The number of hydrogen-bond acceptors (Lipinski definition) is 3. The first-order chi connectivity index (χ1) is 11.6. The van der Waals surface area contributed by atoms with Crippen LogP contribution in [0.1, 0.15) is 12.0 Å². The summed E-state index contributed by atoms with van der Waals surface area (Å²) in [6, 6.07) is 17.3. The van der Waals surface area contributed by atoms with Crippen molar-refractivity contribution in [3.05, 3.63) is 65.2 Å². The van der Waals surface area contributed by atoms with Crippen molar-refractivity contribution < 1.29 is 8.42 Å². The van der Waals surface area contributed by atoms with Gasteiger partial charge in [0.2, 0.25) is 10.0 Å². The van der Waals surface area contributed by atoms with Crippen LogP contribution in [0.4, 0.5) is 5.69 Å². The lowest BCUT2D eigenvalue weighted by molar-refractivity contribution is 0.432. The molecule has 3 rings (SSSR count).